The van der Waals surface area contributed by atoms with Crippen LogP contribution in [-0.2, 0) is 11.3 Å². The molecule has 1 amide bonds. The van der Waals surface area contributed by atoms with Gasteiger partial charge in [-0.05, 0) is 24.1 Å². The molecule has 4 heteroatoms. The second-order valence-electron chi connectivity index (χ2n) is 3.30. The third-order valence-electron chi connectivity index (χ3n) is 2.05. The zero-order chi connectivity index (χ0) is 11.3. The average Bonchev–Trinajstić information content (AvgIpc) is 2.20. The maximum atomic E-state index is 13.1. The zero-order valence-corrected chi connectivity index (χ0v) is 9.27. The Morgan fingerprint density at radius 1 is 1.53 bits per heavy atom. The van der Waals surface area contributed by atoms with Gasteiger partial charge in [0.2, 0.25) is 5.91 Å². The molecule has 0 fully saturated rings. The minimum Gasteiger partial charge on any atom is -0.352 e. The van der Waals surface area contributed by atoms with Crippen LogP contribution in [0.15, 0.2) is 18.2 Å². The number of alkyl halides is 1. The third kappa shape index (κ3) is 3.88. The molecule has 1 rings (SSSR count). The van der Waals surface area contributed by atoms with E-state index in [4.69, 9.17) is 11.6 Å². The Morgan fingerprint density at radius 3 is 2.87 bits per heavy atom. The Morgan fingerprint density at radius 2 is 2.27 bits per heavy atom. The summed E-state index contributed by atoms with van der Waals surface area (Å²) in [6.45, 7) is 2.04. The SMILES string of the molecule is Cc1ccc(CNC(=O)CCCl)cc1F. The van der Waals surface area contributed by atoms with E-state index in [1.54, 1.807) is 19.1 Å². The van der Waals surface area contributed by atoms with Crippen molar-refractivity contribution in [2.24, 2.45) is 0 Å². The van der Waals surface area contributed by atoms with Gasteiger partial charge in [0.1, 0.15) is 5.82 Å². The summed E-state index contributed by atoms with van der Waals surface area (Å²) >= 11 is 5.40. The second-order valence-corrected chi connectivity index (χ2v) is 3.68. The fourth-order valence-corrected chi connectivity index (χ4v) is 1.29. The normalized spacial score (nSPS) is 10.1. The smallest absolute Gasteiger partial charge is 0.221 e. The van der Waals surface area contributed by atoms with Crippen LogP contribution in [0.3, 0.4) is 0 Å². The number of carbonyl (C=O) groups excluding carboxylic acids is 1. The zero-order valence-electron chi connectivity index (χ0n) is 8.52. The number of carbonyl (C=O) groups is 1. The molecule has 0 saturated heterocycles. The lowest BCUT2D eigenvalue weighted by Gasteiger charge is -2.05. The van der Waals surface area contributed by atoms with Crippen LogP contribution in [0.5, 0.6) is 0 Å². The van der Waals surface area contributed by atoms with Crippen LogP contribution >= 0.6 is 11.6 Å². The van der Waals surface area contributed by atoms with Crippen molar-refractivity contribution in [3.05, 3.63) is 35.1 Å². The van der Waals surface area contributed by atoms with Gasteiger partial charge in [-0.25, -0.2) is 4.39 Å². The van der Waals surface area contributed by atoms with Crippen LogP contribution in [0.1, 0.15) is 17.5 Å². The Hall–Kier alpha value is -1.09. The summed E-state index contributed by atoms with van der Waals surface area (Å²) in [6.07, 6.45) is 0.288. The summed E-state index contributed by atoms with van der Waals surface area (Å²) in [5.74, 6) is -0.0706. The van der Waals surface area contributed by atoms with E-state index >= 15 is 0 Å². The molecule has 1 aromatic carbocycles. The predicted octanol–water partition coefficient (Wildman–Crippen LogP) is 2.38. The highest BCUT2D eigenvalue weighted by molar-refractivity contribution is 6.18. The molecule has 0 heterocycles. The van der Waals surface area contributed by atoms with Crippen molar-refractivity contribution in [3.8, 4) is 0 Å². The fourth-order valence-electron chi connectivity index (χ4n) is 1.12. The van der Waals surface area contributed by atoms with E-state index in [2.05, 4.69) is 5.32 Å². The molecule has 0 unspecified atom stereocenters. The van der Waals surface area contributed by atoms with Crippen LogP contribution in [0.4, 0.5) is 4.39 Å². The average molecular weight is 230 g/mol. The quantitative estimate of drug-likeness (QED) is 0.790. The molecule has 0 aliphatic carbocycles. The van der Waals surface area contributed by atoms with E-state index < -0.39 is 0 Å². The first-order valence-electron chi connectivity index (χ1n) is 4.71. The Balaban J connectivity index is 2.51. The van der Waals surface area contributed by atoms with Crippen molar-refractivity contribution in [2.75, 3.05) is 5.88 Å². The molecule has 0 bridgehead atoms. The summed E-state index contributed by atoms with van der Waals surface area (Å²) in [6, 6.07) is 4.91. The van der Waals surface area contributed by atoms with Crippen LogP contribution in [0.25, 0.3) is 0 Å². The number of amides is 1. The molecule has 0 spiro atoms. The third-order valence-corrected chi connectivity index (χ3v) is 2.24. The van der Waals surface area contributed by atoms with Gasteiger partial charge in [0.15, 0.2) is 0 Å². The molecule has 1 N–H and O–H groups in total. The van der Waals surface area contributed by atoms with Gasteiger partial charge >= 0.3 is 0 Å². The Kier molecular flexibility index (Phi) is 4.56. The van der Waals surface area contributed by atoms with Crippen molar-refractivity contribution in [1.82, 2.24) is 5.32 Å². The number of benzene rings is 1. The van der Waals surface area contributed by atoms with E-state index in [1.807, 2.05) is 0 Å². The van der Waals surface area contributed by atoms with Gasteiger partial charge in [-0.2, -0.15) is 0 Å². The Labute approximate surface area is 93.4 Å². The first kappa shape index (κ1) is 12.0. The molecule has 0 aliphatic heterocycles. The van der Waals surface area contributed by atoms with Gasteiger partial charge in [0.25, 0.3) is 0 Å². The molecule has 1 aromatic rings. The molecule has 0 aliphatic rings. The number of halogens is 2. The number of hydrogen-bond donors (Lipinski definition) is 1. The van der Waals surface area contributed by atoms with Gasteiger partial charge in [-0.3, -0.25) is 4.79 Å². The minimum atomic E-state index is -0.251. The lowest BCUT2D eigenvalue weighted by molar-refractivity contribution is -0.120. The molecule has 2 nitrogen and oxygen atoms in total. The molecule has 0 aromatic heterocycles. The van der Waals surface area contributed by atoms with Crippen molar-refractivity contribution in [3.63, 3.8) is 0 Å². The molecule has 15 heavy (non-hydrogen) atoms. The molecule has 0 atom stereocenters. The van der Waals surface area contributed by atoms with E-state index in [9.17, 15) is 9.18 Å². The minimum absolute atomic E-state index is 0.119. The number of aryl methyl sites for hydroxylation is 1. The lowest BCUT2D eigenvalue weighted by Crippen LogP contribution is -2.22. The highest BCUT2D eigenvalue weighted by atomic mass is 35.5. The van der Waals surface area contributed by atoms with E-state index in [-0.39, 0.29) is 18.1 Å². The van der Waals surface area contributed by atoms with Crippen LogP contribution < -0.4 is 5.32 Å². The van der Waals surface area contributed by atoms with Gasteiger partial charge in [-0.15, -0.1) is 11.6 Å². The van der Waals surface area contributed by atoms with Crippen molar-refractivity contribution < 1.29 is 9.18 Å². The van der Waals surface area contributed by atoms with Gasteiger partial charge in [-0.1, -0.05) is 12.1 Å². The standard InChI is InChI=1S/C11H13ClFNO/c1-8-2-3-9(6-10(8)13)7-14-11(15)4-5-12/h2-3,6H,4-5,7H2,1H3,(H,14,15). The Bertz CT molecular complexity index is 354. The molecule has 82 valence electrons. The molecule has 0 radical (unpaired) electrons. The van der Waals surface area contributed by atoms with Gasteiger partial charge in [0.05, 0.1) is 0 Å². The van der Waals surface area contributed by atoms with Gasteiger partial charge < -0.3 is 5.32 Å². The van der Waals surface area contributed by atoms with Crippen LogP contribution in [0, 0.1) is 12.7 Å². The number of hydrogen-bond acceptors (Lipinski definition) is 1. The second kappa shape index (κ2) is 5.71. The van der Waals surface area contributed by atoms with Crippen molar-refractivity contribution in [1.29, 1.82) is 0 Å². The van der Waals surface area contributed by atoms with Gasteiger partial charge in [0, 0.05) is 18.8 Å². The first-order chi connectivity index (χ1) is 7.13. The monoisotopic (exact) mass is 229 g/mol. The summed E-state index contributed by atoms with van der Waals surface area (Å²) in [5.41, 5.74) is 1.35. The van der Waals surface area contributed by atoms with E-state index in [0.29, 0.717) is 18.0 Å². The largest absolute Gasteiger partial charge is 0.352 e. The molecular formula is C11H13ClFNO. The first-order valence-corrected chi connectivity index (χ1v) is 5.24. The maximum absolute atomic E-state index is 13.1. The predicted molar refractivity (Wildman–Crippen MR) is 58.3 cm³/mol. The van der Waals surface area contributed by atoms with Crippen molar-refractivity contribution in [2.45, 2.75) is 19.9 Å². The molecule has 0 saturated carbocycles. The van der Waals surface area contributed by atoms with Crippen LogP contribution in [-0.4, -0.2) is 11.8 Å². The number of rotatable bonds is 4. The molecular weight excluding hydrogens is 217 g/mol. The summed E-state index contributed by atoms with van der Waals surface area (Å²) in [7, 11) is 0. The topological polar surface area (TPSA) is 29.1 Å². The summed E-state index contributed by atoms with van der Waals surface area (Å²) in [4.78, 5) is 11.1. The van der Waals surface area contributed by atoms with Crippen LogP contribution in [0.2, 0.25) is 0 Å². The van der Waals surface area contributed by atoms with E-state index in [0.717, 1.165) is 5.56 Å². The summed E-state index contributed by atoms with van der Waals surface area (Å²) < 4.78 is 13.1. The highest BCUT2D eigenvalue weighted by Crippen LogP contribution is 2.08. The fraction of sp³-hybridized carbons (Fsp3) is 0.364. The highest BCUT2D eigenvalue weighted by Gasteiger charge is 2.02. The summed E-state index contributed by atoms with van der Waals surface area (Å²) in [5, 5.41) is 2.66. The number of nitrogens with one attached hydrogen (secondary N) is 1. The van der Waals surface area contributed by atoms with Crippen molar-refractivity contribution >= 4 is 17.5 Å². The van der Waals surface area contributed by atoms with E-state index in [1.165, 1.54) is 6.07 Å². The maximum Gasteiger partial charge on any atom is 0.221 e. The lowest BCUT2D eigenvalue weighted by atomic mass is 10.1.